The highest BCUT2D eigenvalue weighted by molar-refractivity contribution is 8.00. The number of carbonyl (C=O) groups is 1. The number of nitrogens with one attached hydrogen (secondary N) is 1. The molecule has 21 heavy (non-hydrogen) atoms. The van der Waals surface area contributed by atoms with Gasteiger partial charge in [0.2, 0.25) is 5.91 Å². The summed E-state index contributed by atoms with van der Waals surface area (Å²) in [5, 5.41) is 3.56. The maximum Gasteiger partial charge on any atom is 0.233 e. The second-order valence-corrected chi connectivity index (χ2v) is 6.77. The average molecular weight is 305 g/mol. The third-order valence-corrected chi connectivity index (χ3v) is 5.53. The third kappa shape index (κ3) is 3.42. The first-order chi connectivity index (χ1) is 10.3. The lowest BCUT2D eigenvalue weighted by Crippen LogP contribution is -2.46. The van der Waals surface area contributed by atoms with Crippen LogP contribution in [0.25, 0.3) is 0 Å². The highest BCUT2D eigenvalue weighted by atomic mass is 32.2. The van der Waals surface area contributed by atoms with Crippen molar-refractivity contribution in [1.82, 2.24) is 15.1 Å². The van der Waals surface area contributed by atoms with Gasteiger partial charge in [-0.1, -0.05) is 24.3 Å². The van der Waals surface area contributed by atoms with Crippen LogP contribution in [0, 0.1) is 6.92 Å². The zero-order chi connectivity index (χ0) is 14.7. The minimum atomic E-state index is 0.196. The highest BCUT2D eigenvalue weighted by Gasteiger charge is 2.33. The van der Waals surface area contributed by atoms with Crippen molar-refractivity contribution in [2.75, 3.05) is 45.0 Å². The molecular weight excluding hydrogens is 282 g/mol. The molecule has 1 aromatic carbocycles. The molecule has 4 nitrogen and oxygen atoms in total. The topological polar surface area (TPSA) is 35.6 Å². The molecule has 2 fully saturated rings. The lowest BCUT2D eigenvalue weighted by Gasteiger charge is -2.31. The van der Waals surface area contributed by atoms with Gasteiger partial charge in [-0.05, 0) is 18.1 Å². The SMILES string of the molecule is Cc1ccccc1C1SCC(=O)N1CCN1CCNCC1. The Hall–Kier alpha value is -1.04. The van der Waals surface area contributed by atoms with Gasteiger partial charge in [0.15, 0.2) is 0 Å². The van der Waals surface area contributed by atoms with Crippen LogP contribution in [-0.2, 0) is 4.79 Å². The van der Waals surface area contributed by atoms with Crippen LogP contribution < -0.4 is 5.32 Å². The minimum Gasteiger partial charge on any atom is -0.325 e. The van der Waals surface area contributed by atoms with E-state index >= 15 is 0 Å². The van der Waals surface area contributed by atoms with E-state index in [1.165, 1.54) is 11.1 Å². The smallest absolute Gasteiger partial charge is 0.233 e. The molecule has 1 amide bonds. The highest BCUT2D eigenvalue weighted by Crippen LogP contribution is 2.39. The van der Waals surface area contributed by atoms with E-state index in [0.717, 1.165) is 39.3 Å². The summed E-state index contributed by atoms with van der Waals surface area (Å²) in [5.41, 5.74) is 2.56. The van der Waals surface area contributed by atoms with E-state index in [2.05, 4.69) is 46.3 Å². The number of aryl methyl sites for hydroxylation is 1. The quantitative estimate of drug-likeness (QED) is 0.914. The van der Waals surface area contributed by atoms with Crippen molar-refractivity contribution >= 4 is 17.7 Å². The van der Waals surface area contributed by atoms with Crippen LogP contribution in [0.5, 0.6) is 0 Å². The second-order valence-electron chi connectivity index (χ2n) is 5.70. The Morgan fingerprint density at radius 3 is 2.76 bits per heavy atom. The van der Waals surface area contributed by atoms with Gasteiger partial charge in [-0.25, -0.2) is 0 Å². The molecule has 5 heteroatoms. The Balaban J connectivity index is 1.66. The maximum atomic E-state index is 12.2. The molecule has 2 saturated heterocycles. The van der Waals surface area contributed by atoms with E-state index in [0.29, 0.717) is 5.75 Å². The van der Waals surface area contributed by atoms with E-state index < -0.39 is 0 Å². The number of thioether (sulfide) groups is 1. The van der Waals surface area contributed by atoms with Crippen molar-refractivity contribution in [2.24, 2.45) is 0 Å². The van der Waals surface area contributed by atoms with Gasteiger partial charge in [0.1, 0.15) is 5.37 Å². The van der Waals surface area contributed by atoms with Gasteiger partial charge in [0, 0.05) is 39.3 Å². The molecule has 2 aliphatic heterocycles. The van der Waals surface area contributed by atoms with Crippen molar-refractivity contribution < 1.29 is 4.79 Å². The molecule has 3 rings (SSSR count). The van der Waals surface area contributed by atoms with Gasteiger partial charge in [0.05, 0.1) is 5.75 Å². The second kappa shape index (κ2) is 6.81. The molecule has 0 aromatic heterocycles. The Kier molecular flexibility index (Phi) is 4.83. The molecule has 1 unspecified atom stereocenters. The zero-order valence-electron chi connectivity index (χ0n) is 12.5. The molecule has 1 aromatic rings. The number of benzene rings is 1. The molecule has 0 saturated carbocycles. The molecule has 114 valence electrons. The Labute approximate surface area is 130 Å². The first kappa shape index (κ1) is 14.9. The van der Waals surface area contributed by atoms with Crippen LogP contribution in [0.3, 0.4) is 0 Å². The predicted molar refractivity (Wildman–Crippen MR) is 87.4 cm³/mol. The van der Waals surface area contributed by atoms with Gasteiger partial charge >= 0.3 is 0 Å². The number of nitrogens with zero attached hydrogens (tertiary/aromatic N) is 2. The summed E-state index contributed by atoms with van der Waals surface area (Å²) in [6.07, 6.45) is 0. The molecule has 0 radical (unpaired) electrons. The first-order valence-electron chi connectivity index (χ1n) is 7.65. The van der Waals surface area contributed by atoms with Crippen molar-refractivity contribution in [3.63, 3.8) is 0 Å². The van der Waals surface area contributed by atoms with E-state index in [9.17, 15) is 4.79 Å². The molecule has 1 atom stereocenters. The monoisotopic (exact) mass is 305 g/mol. The van der Waals surface area contributed by atoms with Crippen LogP contribution in [0.1, 0.15) is 16.5 Å². The van der Waals surface area contributed by atoms with Crippen molar-refractivity contribution in [2.45, 2.75) is 12.3 Å². The Bertz CT molecular complexity index is 502. The molecule has 0 spiro atoms. The van der Waals surface area contributed by atoms with Gasteiger partial charge in [-0.2, -0.15) is 0 Å². The number of carbonyl (C=O) groups excluding carboxylic acids is 1. The summed E-state index contributed by atoms with van der Waals surface area (Å²) in [6.45, 7) is 8.25. The Morgan fingerprint density at radius 2 is 2.00 bits per heavy atom. The summed E-state index contributed by atoms with van der Waals surface area (Å²) < 4.78 is 0. The van der Waals surface area contributed by atoms with E-state index in [1.807, 2.05) is 0 Å². The van der Waals surface area contributed by atoms with Crippen molar-refractivity contribution in [1.29, 1.82) is 0 Å². The standard InChI is InChI=1S/C16H23N3OS/c1-13-4-2-3-5-14(13)16-19(15(20)12-21-16)11-10-18-8-6-17-7-9-18/h2-5,16-17H,6-12H2,1H3. The third-order valence-electron chi connectivity index (χ3n) is 4.29. The zero-order valence-corrected chi connectivity index (χ0v) is 13.4. The van der Waals surface area contributed by atoms with Crippen molar-refractivity contribution in [3.8, 4) is 0 Å². The molecule has 2 aliphatic rings. The van der Waals surface area contributed by atoms with Gasteiger partial charge in [-0.3, -0.25) is 9.69 Å². The van der Waals surface area contributed by atoms with E-state index in [1.54, 1.807) is 11.8 Å². The molecule has 2 heterocycles. The van der Waals surface area contributed by atoms with Crippen LogP contribution >= 0.6 is 11.8 Å². The predicted octanol–water partition coefficient (Wildman–Crippen LogP) is 1.47. The largest absolute Gasteiger partial charge is 0.325 e. The number of hydrogen-bond donors (Lipinski definition) is 1. The first-order valence-corrected chi connectivity index (χ1v) is 8.70. The van der Waals surface area contributed by atoms with Gasteiger partial charge in [0.25, 0.3) is 0 Å². The number of piperazine rings is 1. The summed E-state index contributed by atoms with van der Waals surface area (Å²) in [4.78, 5) is 16.7. The summed E-state index contributed by atoms with van der Waals surface area (Å²) in [5.74, 6) is 0.893. The fraction of sp³-hybridized carbons (Fsp3) is 0.562. The minimum absolute atomic E-state index is 0.196. The maximum absolute atomic E-state index is 12.2. The van der Waals surface area contributed by atoms with Gasteiger partial charge in [-0.15, -0.1) is 11.8 Å². The lowest BCUT2D eigenvalue weighted by atomic mass is 10.1. The fourth-order valence-corrected chi connectivity index (χ4v) is 4.31. The molecule has 0 aliphatic carbocycles. The summed E-state index contributed by atoms with van der Waals surface area (Å²) in [7, 11) is 0. The average Bonchev–Trinajstić information content (AvgIpc) is 2.88. The number of hydrogen-bond acceptors (Lipinski definition) is 4. The van der Waals surface area contributed by atoms with Crippen LogP contribution in [-0.4, -0.2) is 60.7 Å². The van der Waals surface area contributed by atoms with Crippen molar-refractivity contribution in [3.05, 3.63) is 35.4 Å². The van der Waals surface area contributed by atoms with Crippen LogP contribution in [0.15, 0.2) is 24.3 Å². The van der Waals surface area contributed by atoms with E-state index in [-0.39, 0.29) is 11.3 Å². The number of rotatable bonds is 4. The lowest BCUT2D eigenvalue weighted by molar-refractivity contribution is -0.128. The van der Waals surface area contributed by atoms with Gasteiger partial charge < -0.3 is 10.2 Å². The molecule has 1 N–H and O–H groups in total. The van der Waals surface area contributed by atoms with E-state index in [4.69, 9.17) is 0 Å². The molecule has 0 bridgehead atoms. The number of amides is 1. The molecular formula is C16H23N3OS. The van der Waals surface area contributed by atoms with Crippen LogP contribution in [0.4, 0.5) is 0 Å². The van der Waals surface area contributed by atoms with Crippen LogP contribution in [0.2, 0.25) is 0 Å². The Morgan fingerprint density at radius 1 is 1.24 bits per heavy atom. The summed E-state index contributed by atoms with van der Waals surface area (Å²) >= 11 is 1.76. The normalized spacial score (nSPS) is 23.8. The summed E-state index contributed by atoms with van der Waals surface area (Å²) in [6, 6.07) is 8.42. The fourth-order valence-electron chi connectivity index (χ4n) is 3.00.